The number of benzene rings is 1. The first-order valence-electron chi connectivity index (χ1n) is 4.64. The molecule has 0 amide bonds. The van der Waals surface area contributed by atoms with Gasteiger partial charge in [0.15, 0.2) is 0 Å². The second-order valence-corrected chi connectivity index (χ2v) is 2.98. The molecule has 0 spiro atoms. The number of hydrogen-bond acceptors (Lipinski definition) is 2. The fraction of sp³-hybridized carbons (Fsp3) is 0.455. The molecule has 0 unspecified atom stereocenters. The normalized spacial score (nSPS) is 10.3. The van der Waals surface area contributed by atoms with Gasteiger partial charge in [0, 0.05) is 6.61 Å². The first-order valence-corrected chi connectivity index (χ1v) is 4.64. The summed E-state index contributed by atoms with van der Waals surface area (Å²) in [5, 5.41) is 9.02. The van der Waals surface area contributed by atoms with Crippen LogP contribution in [0.2, 0.25) is 0 Å². The first kappa shape index (κ1) is 10.2. The molecule has 0 atom stereocenters. The molecule has 0 saturated heterocycles. The van der Waals surface area contributed by atoms with Crippen LogP contribution >= 0.6 is 0 Å². The zero-order valence-electron chi connectivity index (χ0n) is 7.99. The van der Waals surface area contributed by atoms with Crippen molar-refractivity contribution in [1.82, 2.24) is 0 Å². The molecule has 13 heavy (non-hydrogen) atoms. The van der Waals surface area contributed by atoms with Gasteiger partial charge in [0.1, 0.15) is 0 Å². The van der Waals surface area contributed by atoms with Crippen LogP contribution in [0, 0.1) is 0 Å². The summed E-state index contributed by atoms with van der Waals surface area (Å²) in [7, 11) is 0. The molecule has 0 aliphatic rings. The minimum absolute atomic E-state index is 0.0889. The van der Waals surface area contributed by atoms with Gasteiger partial charge < -0.3 is 9.84 Å². The van der Waals surface area contributed by atoms with Crippen LogP contribution in [0.15, 0.2) is 24.3 Å². The molecule has 0 aromatic heterocycles. The molecule has 2 heteroatoms. The van der Waals surface area contributed by atoms with Gasteiger partial charge in [-0.1, -0.05) is 31.2 Å². The fourth-order valence-electron chi connectivity index (χ4n) is 1.18. The number of rotatable bonds is 5. The number of aliphatic hydroxyl groups excluding tert-OH is 1. The highest BCUT2D eigenvalue weighted by Gasteiger charge is 1.99. The minimum Gasteiger partial charge on any atom is -0.392 e. The van der Waals surface area contributed by atoms with Gasteiger partial charge in [-0.15, -0.1) is 0 Å². The van der Waals surface area contributed by atoms with E-state index in [4.69, 9.17) is 9.84 Å². The fourth-order valence-corrected chi connectivity index (χ4v) is 1.18. The van der Waals surface area contributed by atoms with Gasteiger partial charge in [0.2, 0.25) is 0 Å². The second-order valence-electron chi connectivity index (χ2n) is 2.98. The van der Waals surface area contributed by atoms with E-state index >= 15 is 0 Å². The van der Waals surface area contributed by atoms with Crippen molar-refractivity contribution in [3.63, 3.8) is 0 Å². The van der Waals surface area contributed by atoms with Crippen molar-refractivity contribution in [1.29, 1.82) is 0 Å². The van der Waals surface area contributed by atoms with Crippen molar-refractivity contribution in [2.45, 2.75) is 26.6 Å². The van der Waals surface area contributed by atoms with Crippen molar-refractivity contribution in [3.05, 3.63) is 35.4 Å². The Balaban J connectivity index is 2.54. The Kier molecular flexibility index (Phi) is 4.50. The van der Waals surface area contributed by atoms with Crippen LogP contribution < -0.4 is 0 Å². The number of hydrogen-bond donors (Lipinski definition) is 1. The van der Waals surface area contributed by atoms with E-state index in [0.29, 0.717) is 6.61 Å². The smallest absolute Gasteiger partial charge is 0.0720 e. The molecule has 0 bridgehead atoms. The molecule has 0 aliphatic carbocycles. The van der Waals surface area contributed by atoms with Crippen LogP contribution in [0.25, 0.3) is 0 Å². The van der Waals surface area contributed by atoms with Crippen LogP contribution in [0.3, 0.4) is 0 Å². The number of ether oxygens (including phenoxy) is 1. The largest absolute Gasteiger partial charge is 0.392 e. The Morgan fingerprint density at radius 3 is 2.54 bits per heavy atom. The van der Waals surface area contributed by atoms with Crippen molar-refractivity contribution in [2.24, 2.45) is 0 Å². The quantitative estimate of drug-likeness (QED) is 0.703. The summed E-state index contributed by atoms with van der Waals surface area (Å²) in [6.45, 7) is 3.55. The van der Waals surface area contributed by atoms with Crippen LogP contribution in [0.4, 0.5) is 0 Å². The van der Waals surface area contributed by atoms with Gasteiger partial charge in [-0.3, -0.25) is 0 Å². The predicted molar refractivity (Wildman–Crippen MR) is 52.3 cm³/mol. The van der Waals surface area contributed by atoms with Crippen molar-refractivity contribution in [3.8, 4) is 0 Å². The van der Waals surface area contributed by atoms with Crippen LogP contribution in [-0.4, -0.2) is 11.7 Å². The highest BCUT2D eigenvalue weighted by Crippen LogP contribution is 2.09. The zero-order valence-corrected chi connectivity index (χ0v) is 7.99. The molecule has 1 aromatic rings. The Morgan fingerprint density at radius 1 is 1.23 bits per heavy atom. The van der Waals surface area contributed by atoms with Crippen molar-refractivity contribution in [2.75, 3.05) is 6.61 Å². The lowest BCUT2D eigenvalue weighted by atomic mass is 10.1. The Bertz CT molecular complexity index is 246. The summed E-state index contributed by atoms with van der Waals surface area (Å²) in [5.41, 5.74) is 2.04. The summed E-state index contributed by atoms with van der Waals surface area (Å²) in [6, 6.07) is 7.80. The molecule has 1 rings (SSSR count). The standard InChI is InChI=1S/C11H16O2/c1-2-7-13-9-11-6-4-3-5-10(11)8-12/h3-6,12H,2,7-9H2,1H3. The van der Waals surface area contributed by atoms with E-state index in [1.165, 1.54) is 0 Å². The third-order valence-electron chi connectivity index (χ3n) is 1.89. The molecule has 0 radical (unpaired) electrons. The topological polar surface area (TPSA) is 29.5 Å². The lowest BCUT2D eigenvalue weighted by Crippen LogP contribution is -1.98. The maximum absolute atomic E-state index is 9.02. The maximum Gasteiger partial charge on any atom is 0.0720 e. The molecule has 1 N–H and O–H groups in total. The van der Waals surface area contributed by atoms with Gasteiger partial charge in [0.05, 0.1) is 13.2 Å². The minimum atomic E-state index is 0.0889. The van der Waals surface area contributed by atoms with Crippen LogP contribution in [0.5, 0.6) is 0 Å². The summed E-state index contributed by atoms with van der Waals surface area (Å²) in [5.74, 6) is 0. The van der Waals surface area contributed by atoms with E-state index in [2.05, 4.69) is 6.92 Å². The molecule has 0 fully saturated rings. The Morgan fingerprint density at radius 2 is 1.92 bits per heavy atom. The average molecular weight is 180 g/mol. The van der Waals surface area contributed by atoms with E-state index in [1.54, 1.807) is 0 Å². The summed E-state index contributed by atoms with van der Waals surface area (Å²) in [4.78, 5) is 0. The molecular formula is C11H16O2. The Hall–Kier alpha value is -0.860. The molecule has 2 nitrogen and oxygen atoms in total. The second kappa shape index (κ2) is 5.73. The first-order chi connectivity index (χ1) is 6.38. The maximum atomic E-state index is 9.02. The van der Waals surface area contributed by atoms with Crippen LogP contribution in [0.1, 0.15) is 24.5 Å². The predicted octanol–water partition coefficient (Wildman–Crippen LogP) is 2.11. The molecule has 72 valence electrons. The van der Waals surface area contributed by atoms with Gasteiger partial charge >= 0.3 is 0 Å². The SMILES string of the molecule is CCCOCc1ccccc1CO. The summed E-state index contributed by atoms with van der Waals surface area (Å²) >= 11 is 0. The third kappa shape index (κ3) is 3.17. The Labute approximate surface area is 79.2 Å². The highest BCUT2D eigenvalue weighted by atomic mass is 16.5. The lowest BCUT2D eigenvalue weighted by molar-refractivity contribution is 0.120. The highest BCUT2D eigenvalue weighted by molar-refractivity contribution is 5.25. The van der Waals surface area contributed by atoms with Gasteiger partial charge in [-0.2, -0.15) is 0 Å². The average Bonchev–Trinajstić information content (AvgIpc) is 2.19. The van der Waals surface area contributed by atoms with E-state index in [0.717, 1.165) is 24.2 Å². The van der Waals surface area contributed by atoms with E-state index in [1.807, 2.05) is 24.3 Å². The monoisotopic (exact) mass is 180 g/mol. The molecule has 0 heterocycles. The van der Waals surface area contributed by atoms with Crippen LogP contribution in [-0.2, 0) is 18.0 Å². The van der Waals surface area contributed by atoms with Crippen molar-refractivity contribution >= 4 is 0 Å². The summed E-state index contributed by atoms with van der Waals surface area (Å²) in [6.07, 6.45) is 1.03. The third-order valence-corrected chi connectivity index (χ3v) is 1.89. The van der Waals surface area contributed by atoms with Gasteiger partial charge in [-0.25, -0.2) is 0 Å². The zero-order chi connectivity index (χ0) is 9.52. The van der Waals surface area contributed by atoms with E-state index < -0.39 is 0 Å². The van der Waals surface area contributed by atoms with Crippen molar-refractivity contribution < 1.29 is 9.84 Å². The number of aliphatic hydroxyl groups is 1. The molecule has 1 aromatic carbocycles. The van der Waals surface area contributed by atoms with Gasteiger partial charge in [-0.05, 0) is 17.5 Å². The molecule has 0 saturated carbocycles. The molecular weight excluding hydrogens is 164 g/mol. The van der Waals surface area contributed by atoms with E-state index in [9.17, 15) is 0 Å². The van der Waals surface area contributed by atoms with E-state index in [-0.39, 0.29) is 6.61 Å². The lowest BCUT2D eigenvalue weighted by Gasteiger charge is -2.06. The summed E-state index contributed by atoms with van der Waals surface area (Å²) < 4.78 is 5.40. The van der Waals surface area contributed by atoms with Gasteiger partial charge in [0.25, 0.3) is 0 Å². The molecule has 0 aliphatic heterocycles.